The summed E-state index contributed by atoms with van der Waals surface area (Å²) >= 11 is 0. The highest BCUT2D eigenvalue weighted by Crippen LogP contribution is 2.28. The van der Waals surface area contributed by atoms with Gasteiger partial charge in [0, 0.05) is 12.2 Å². The van der Waals surface area contributed by atoms with Gasteiger partial charge in [-0.05, 0) is 49.2 Å². The molecule has 0 saturated heterocycles. The second-order valence-electron chi connectivity index (χ2n) is 6.30. The van der Waals surface area contributed by atoms with E-state index in [1.807, 2.05) is 24.3 Å². The van der Waals surface area contributed by atoms with Crippen LogP contribution in [0.2, 0.25) is 0 Å². The number of carbonyl (C=O) groups is 2. The number of benzene rings is 2. The topological polar surface area (TPSA) is 77.3 Å². The molecular formula is C20H18N4O3. The molecule has 0 unspecified atom stereocenters. The third-order valence-electron chi connectivity index (χ3n) is 4.57. The fourth-order valence-corrected chi connectivity index (χ4v) is 3.16. The van der Waals surface area contributed by atoms with Crippen molar-refractivity contribution < 1.29 is 14.3 Å². The summed E-state index contributed by atoms with van der Waals surface area (Å²) in [5.74, 6) is -0.749. The number of hydrogen-bond acceptors (Lipinski definition) is 5. The van der Waals surface area contributed by atoms with Gasteiger partial charge in [0.1, 0.15) is 12.7 Å². The number of aromatic nitrogens is 3. The zero-order chi connectivity index (χ0) is 18.8. The van der Waals surface area contributed by atoms with E-state index in [9.17, 15) is 9.59 Å². The molecule has 7 nitrogen and oxygen atoms in total. The van der Waals surface area contributed by atoms with Gasteiger partial charge in [-0.2, -0.15) is 5.10 Å². The monoisotopic (exact) mass is 362 g/mol. The average molecular weight is 362 g/mol. The predicted molar refractivity (Wildman–Crippen MR) is 98.7 cm³/mol. The van der Waals surface area contributed by atoms with Crippen LogP contribution in [0.25, 0.3) is 5.69 Å². The minimum Gasteiger partial charge on any atom is -0.449 e. The van der Waals surface area contributed by atoms with Crippen molar-refractivity contribution in [2.24, 2.45) is 0 Å². The summed E-state index contributed by atoms with van der Waals surface area (Å²) in [5.41, 5.74) is 3.18. The van der Waals surface area contributed by atoms with Gasteiger partial charge in [-0.15, -0.1) is 0 Å². The molecule has 0 radical (unpaired) electrons. The molecule has 4 rings (SSSR count). The molecular weight excluding hydrogens is 344 g/mol. The van der Waals surface area contributed by atoms with Crippen LogP contribution in [0, 0.1) is 0 Å². The van der Waals surface area contributed by atoms with Crippen LogP contribution in [0.3, 0.4) is 0 Å². The van der Waals surface area contributed by atoms with Gasteiger partial charge in [-0.3, -0.25) is 4.79 Å². The molecule has 1 aromatic heterocycles. The van der Waals surface area contributed by atoms with Crippen LogP contribution in [0.5, 0.6) is 0 Å². The number of carbonyl (C=O) groups excluding carboxylic acids is 2. The Morgan fingerprint density at radius 3 is 2.63 bits per heavy atom. The van der Waals surface area contributed by atoms with E-state index >= 15 is 0 Å². The SMILES string of the molecule is C[C@@H](OC(=O)c1ccc(-n2cncn2)cc1)C(=O)N1CCc2ccccc21. The molecule has 0 saturated carbocycles. The lowest BCUT2D eigenvalue weighted by Crippen LogP contribution is -2.39. The quantitative estimate of drug-likeness (QED) is 0.666. The van der Waals surface area contributed by atoms with Crippen molar-refractivity contribution in [2.45, 2.75) is 19.4 Å². The maximum atomic E-state index is 12.7. The Morgan fingerprint density at radius 1 is 1.11 bits per heavy atom. The Kier molecular flexibility index (Phi) is 4.42. The Bertz CT molecular complexity index is 967. The van der Waals surface area contributed by atoms with Crippen LogP contribution in [-0.4, -0.2) is 39.3 Å². The number of para-hydroxylation sites is 1. The third kappa shape index (κ3) is 3.31. The van der Waals surface area contributed by atoms with Crippen molar-refractivity contribution in [3.05, 3.63) is 72.3 Å². The van der Waals surface area contributed by atoms with Gasteiger partial charge >= 0.3 is 5.97 Å². The lowest BCUT2D eigenvalue weighted by atomic mass is 10.2. The first kappa shape index (κ1) is 17.0. The summed E-state index contributed by atoms with van der Waals surface area (Å²) in [4.78, 5) is 30.7. The molecule has 2 heterocycles. The van der Waals surface area contributed by atoms with Crippen molar-refractivity contribution in [3.8, 4) is 5.69 Å². The standard InChI is InChI=1S/C20H18N4O3/c1-14(19(25)23-11-10-15-4-2-3-5-18(15)23)27-20(26)16-6-8-17(9-7-16)24-13-21-12-22-24/h2-9,12-14H,10-11H2,1H3/t14-/m1/s1. The molecule has 27 heavy (non-hydrogen) atoms. The van der Waals surface area contributed by atoms with E-state index in [2.05, 4.69) is 10.1 Å². The minimum atomic E-state index is -0.862. The fourth-order valence-electron chi connectivity index (χ4n) is 3.16. The molecule has 0 fully saturated rings. The molecule has 0 bridgehead atoms. The van der Waals surface area contributed by atoms with Crippen LogP contribution in [0.1, 0.15) is 22.8 Å². The largest absolute Gasteiger partial charge is 0.449 e. The Labute approximate surface area is 156 Å². The van der Waals surface area contributed by atoms with E-state index in [1.54, 1.807) is 47.1 Å². The maximum absolute atomic E-state index is 12.7. The molecule has 1 aliphatic rings. The van der Waals surface area contributed by atoms with E-state index < -0.39 is 12.1 Å². The molecule has 0 spiro atoms. The number of hydrogen-bond donors (Lipinski definition) is 0. The van der Waals surface area contributed by atoms with Crippen molar-refractivity contribution in [3.63, 3.8) is 0 Å². The van der Waals surface area contributed by atoms with Gasteiger partial charge in [0.25, 0.3) is 5.91 Å². The van der Waals surface area contributed by atoms with E-state index in [-0.39, 0.29) is 5.91 Å². The Morgan fingerprint density at radius 2 is 1.89 bits per heavy atom. The fraction of sp³-hybridized carbons (Fsp3) is 0.200. The molecule has 1 amide bonds. The molecule has 1 aliphatic heterocycles. The summed E-state index contributed by atoms with van der Waals surface area (Å²) in [7, 11) is 0. The molecule has 0 aliphatic carbocycles. The van der Waals surface area contributed by atoms with Gasteiger partial charge in [0.05, 0.1) is 11.3 Å². The van der Waals surface area contributed by atoms with Crippen molar-refractivity contribution in [1.82, 2.24) is 14.8 Å². The highest BCUT2D eigenvalue weighted by atomic mass is 16.5. The summed E-state index contributed by atoms with van der Waals surface area (Å²) in [6.45, 7) is 2.21. The Hall–Kier alpha value is -3.48. The second-order valence-corrected chi connectivity index (χ2v) is 6.30. The van der Waals surface area contributed by atoms with E-state index in [1.165, 1.54) is 6.33 Å². The first-order valence-electron chi connectivity index (χ1n) is 8.69. The molecule has 0 N–H and O–H groups in total. The molecule has 2 aromatic carbocycles. The van der Waals surface area contributed by atoms with Gasteiger partial charge < -0.3 is 9.64 Å². The molecule has 1 atom stereocenters. The maximum Gasteiger partial charge on any atom is 0.338 e. The highest BCUT2D eigenvalue weighted by molar-refractivity contribution is 6.00. The van der Waals surface area contributed by atoms with Crippen LogP contribution in [-0.2, 0) is 16.0 Å². The van der Waals surface area contributed by atoms with Crippen LogP contribution in [0.15, 0.2) is 61.2 Å². The number of anilines is 1. The van der Waals surface area contributed by atoms with Gasteiger partial charge in [-0.25, -0.2) is 14.5 Å². The van der Waals surface area contributed by atoms with Crippen molar-refractivity contribution >= 4 is 17.6 Å². The van der Waals surface area contributed by atoms with Crippen molar-refractivity contribution in [1.29, 1.82) is 0 Å². The predicted octanol–water partition coefficient (Wildman–Crippen LogP) is 2.40. The lowest BCUT2D eigenvalue weighted by Gasteiger charge is -2.21. The summed E-state index contributed by atoms with van der Waals surface area (Å²) in [5, 5.41) is 4.03. The first-order valence-corrected chi connectivity index (χ1v) is 8.69. The van der Waals surface area contributed by atoms with Gasteiger partial charge in [-0.1, -0.05) is 18.2 Å². The molecule has 3 aromatic rings. The summed E-state index contributed by atoms with van der Waals surface area (Å²) in [6.07, 6.45) is 2.96. The molecule has 7 heteroatoms. The second kappa shape index (κ2) is 7.03. The van der Waals surface area contributed by atoms with Crippen molar-refractivity contribution in [2.75, 3.05) is 11.4 Å². The van der Waals surface area contributed by atoms with Crippen LogP contribution in [0.4, 0.5) is 5.69 Å². The number of esters is 1. The van der Waals surface area contributed by atoms with E-state index in [4.69, 9.17) is 4.74 Å². The van der Waals surface area contributed by atoms with Gasteiger partial charge in [0.2, 0.25) is 0 Å². The normalized spacial score (nSPS) is 13.9. The number of ether oxygens (including phenoxy) is 1. The molecule has 136 valence electrons. The number of rotatable bonds is 4. The minimum absolute atomic E-state index is 0.215. The number of nitrogens with zero attached hydrogens (tertiary/aromatic N) is 4. The third-order valence-corrected chi connectivity index (χ3v) is 4.57. The summed E-state index contributed by atoms with van der Waals surface area (Å²) < 4.78 is 6.98. The smallest absolute Gasteiger partial charge is 0.338 e. The highest BCUT2D eigenvalue weighted by Gasteiger charge is 2.29. The van der Waals surface area contributed by atoms with Crippen LogP contribution >= 0.6 is 0 Å². The zero-order valence-electron chi connectivity index (χ0n) is 14.8. The van der Waals surface area contributed by atoms with Gasteiger partial charge in [0.15, 0.2) is 6.10 Å². The first-order chi connectivity index (χ1) is 13.1. The van der Waals surface area contributed by atoms with Crippen LogP contribution < -0.4 is 4.90 Å². The zero-order valence-corrected chi connectivity index (χ0v) is 14.8. The average Bonchev–Trinajstić information content (AvgIpc) is 3.37. The Balaban J connectivity index is 1.43. The number of amides is 1. The van der Waals surface area contributed by atoms with E-state index in [0.29, 0.717) is 12.1 Å². The summed E-state index contributed by atoms with van der Waals surface area (Å²) in [6, 6.07) is 14.6. The van der Waals surface area contributed by atoms with E-state index in [0.717, 1.165) is 23.4 Å². The lowest BCUT2D eigenvalue weighted by molar-refractivity contribution is -0.126. The number of fused-ring (bicyclic) bond motifs is 1.